The summed E-state index contributed by atoms with van der Waals surface area (Å²) in [5.74, 6) is -0.383. The summed E-state index contributed by atoms with van der Waals surface area (Å²) in [5, 5.41) is 9.16. The summed E-state index contributed by atoms with van der Waals surface area (Å²) in [6.07, 6.45) is 1.08. The minimum atomic E-state index is -3.94. The van der Waals surface area contributed by atoms with Gasteiger partial charge in [0.25, 0.3) is 10.0 Å². The van der Waals surface area contributed by atoms with Crippen LogP contribution in [0.5, 0.6) is 11.5 Å². The molecule has 0 atom stereocenters. The number of ether oxygens (including phenoxy) is 2. The molecule has 31 heavy (non-hydrogen) atoms. The smallest absolute Gasteiger partial charge is 0.335 e. The van der Waals surface area contributed by atoms with Crippen LogP contribution in [0.15, 0.2) is 71.6 Å². The van der Waals surface area contributed by atoms with Gasteiger partial charge in [0.05, 0.1) is 25.5 Å². The molecule has 0 unspecified atom stereocenters. The van der Waals surface area contributed by atoms with Crippen molar-refractivity contribution in [3.8, 4) is 11.5 Å². The van der Waals surface area contributed by atoms with Crippen molar-refractivity contribution < 1.29 is 27.8 Å². The van der Waals surface area contributed by atoms with Gasteiger partial charge in [-0.1, -0.05) is 30.3 Å². The van der Waals surface area contributed by atoms with Crippen molar-refractivity contribution in [2.75, 3.05) is 18.9 Å². The van der Waals surface area contributed by atoms with Crippen LogP contribution in [0.25, 0.3) is 0 Å². The van der Waals surface area contributed by atoms with Crippen LogP contribution in [-0.4, -0.2) is 33.7 Å². The third-order valence-corrected chi connectivity index (χ3v) is 6.17. The second kappa shape index (κ2) is 9.53. The second-order valence-corrected chi connectivity index (χ2v) is 8.44. The van der Waals surface area contributed by atoms with Gasteiger partial charge in [-0.2, -0.15) is 0 Å². The molecule has 0 aliphatic heterocycles. The van der Waals surface area contributed by atoms with Gasteiger partial charge in [0.15, 0.2) is 0 Å². The highest BCUT2D eigenvalue weighted by Gasteiger charge is 2.22. The van der Waals surface area contributed by atoms with Crippen LogP contribution in [-0.2, 0) is 22.9 Å². The first-order valence-electron chi connectivity index (χ1n) is 9.49. The molecule has 0 fully saturated rings. The minimum absolute atomic E-state index is 0.0293. The van der Waals surface area contributed by atoms with Crippen molar-refractivity contribution in [1.82, 2.24) is 0 Å². The van der Waals surface area contributed by atoms with Gasteiger partial charge in [0.1, 0.15) is 16.4 Å². The Bertz CT molecular complexity index is 1190. The highest BCUT2D eigenvalue weighted by Crippen LogP contribution is 2.30. The molecular weight excluding hydrogens is 418 g/mol. The van der Waals surface area contributed by atoms with E-state index in [9.17, 15) is 13.2 Å². The van der Waals surface area contributed by atoms with E-state index >= 15 is 0 Å². The van der Waals surface area contributed by atoms with Crippen molar-refractivity contribution >= 4 is 21.7 Å². The molecular formula is C23H23NO6S. The molecule has 0 saturated carbocycles. The van der Waals surface area contributed by atoms with E-state index < -0.39 is 16.0 Å². The minimum Gasteiger partial charge on any atom is -0.497 e. The van der Waals surface area contributed by atoms with Gasteiger partial charge in [-0.05, 0) is 54.3 Å². The molecule has 0 heterocycles. The normalized spacial score (nSPS) is 11.0. The summed E-state index contributed by atoms with van der Waals surface area (Å²) in [5.41, 5.74) is 2.30. The predicted octanol–water partition coefficient (Wildman–Crippen LogP) is 3.99. The molecule has 0 bridgehead atoms. The number of hydrogen-bond donors (Lipinski definition) is 2. The molecule has 0 amide bonds. The molecule has 0 radical (unpaired) electrons. The van der Waals surface area contributed by atoms with E-state index in [1.54, 1.807) is 30.3 Å². The van der Waals surface area contributed by atoms with Gasteiger partial charge in [-0.25, -0.2) is 13.2 Å². The van der Waals surface area contributed by atoms with Crippen LogP contribution in [0.2, 0.25) is 0 Å². The third-order valence-electron chi connectivity index (χ3n) is 4.78. The Labute approximate surface area is 181 Å². The first-order chi connectivity index (χ1) is 14.8. The third kappa shape index (κ3) is 5.35. The van der Waals surface area contributed by atoms with E-state index in [2.05, 4.69) is 4.72 Å². The van der Waals surface area contributed by atoms with E-state index in [1.807, 2.05) is 18.2 Å². The van der Waals surface area contributed by atoms with Gasteiger partial charge < -0.3 is 14.6 Å². The fourth-order valence-corrected chi connectivity index (χ4v) is 4.46. The average Bonchev–Trinajstić information content (AvgIpc) is 2.78. The number of hydrogen-bond acceptors (Lipinski definition) is 5. The summed E-state index contributed by atoms with van der Waals surface area (Å²) in [6, 6.07) is 18.4. The lowest BCUT2D eigenvalue weighted by Gasteiger charge is -2.15. The molecule has 162 valence electrons. The number of carboxylic acids is 1. The number of anilines is 1. The number of nitrogens with one attached hydrogen (secondary N) is 1. The zero-order chi connectivity index (χ0) is 22.4. The Morgan fingerprint density at radius 3 is 2.42 bits per heavy atom. The van der Waals surface area contributed by atoms with Crippen LogP contribution in [0.1, 0.15) is 21.5 Å². The summed E-state index contributed by atoms with van der Waals surface area (Å²) in [4.78, 5) is 11.1. The first-order valence-corrected chi connectivity index (χ1v) is 11.0. The Morgan fingerprint density at radius 2 is 1.71 bits per heavy atom. The molecule has 2 N–H and O–H groups in total. The van der Waals surface area contributed by atoms with Crippen LogP contribution in [0.4, 0.5) is 5.69 Å². The maximum Gasteiger partial charge on any atom is 0.335 e. The number of aromatic carboxylic acids is 1. The molecule has 3 aromatic carbocycles. The standard InChI is InChI=1S/C23H23NO6S/c1-29-19-12-13-21(30-2)22(15-19)31(27,28)24-20-9-4-3-7-17(20)11-10-16-6-5-8-18(14-16)23(25)26/h3-9,12-15,24H,10-11H2,1-2H3,(H,25,26). The molecule has 0 aliphatic rings. The number of sulfonamides is 1. The maximum absolute atomic E-state index is 13.1. The first kappa shape index (κ1) is 22.2. The van der Waals surface area contributed by atoms with E-state index in [1.165, 1.54) is 32.4 Å². The van der Waals surface area contributed by atoms with Crippen molar-refractivity contribution in [1.29, 1.82) is 0 Å². The molecule has 0 aliphatic carbocycles. The van der Waals surface area contributed by atoms with Gasteiger partial charge in [-0.3, -0.25) is 4.72 Å². The van der Waals surface area contributed by atoms with Crippen LogP contribution in [0, 0.1) is 0 Å². The zero-order valence-corrected chi connectivity index (χ0v) is 18.0. The number of methoxy groups -OCH3 is 2. The fourth-order valence-electron chi connectivity index (χ4n) is 3.17. The van der Waals surface area contributed by atoms with Crippen LogP contribution in [0.3, 0.4) is 0 Å². The summed E-state index contributed by atoms with van der Waals surface area (Å²) >= 11 is 0. The monoisotopic (exact) mass is 441 g/mol. The topological polar surface area (TPSA) is 102 Å². The number of aryl methyl sites for hydroxylation is 2. The lowest BCUT2D eigenvalue weighted by molar-refractivity contribution is 0.0696. The summed E-state index contributed by atoms with van der Waals surface area (Å²) in [6.45, 7) is 0. The average molecular weight is 442 g/mol. The van der Waals surface area contributed by atoms with Crippen molar-refractivity contribution in [3.63, 3.8) is 0 Å². The quantitative estimate of drug-likeness (QED) is 0.521. The van der Waals surface area contributed by atoms with E-state index in [-0.39, 0.29) is 16.2 Å². The highest BCUT2D eigenvalue weighted by molar-refractivity contribution is 7.92. The fraction of sp³-hybridized carbons (Fsp3) is 0.174. The van der Waals surface area contributed by atoms with Gasteiger partial charge in [0, 0.05) is 6.07 Å². The lowest BCUT2D eigenvalue weighted by Crippen LogP contribution is -2.15. The second-order valence-electron chi connectivity index (χ2n) is 6.78. The number of para-hydroxylation sites is 1. The summed E-state index contributed by atoms with van der Waals surface area (Å²) < 4.78 is 39.2. The van der Waals surface area contributed by atoms with Crippen LogP contribution >= 0.6 is 0 Å². The number of rotatable bonds is 9. The summed E-state index contributed by atoms with van der Waals surface area (Å²) in [7, 11) is -1.08. The molecule has 7 nitrogen and oxygen atoms in total. The number of benzene rings is 3. The Balaban J connectivity index is 1.85. The van der Waals surface area contributed by atoms with Crippen LogP contribution < -0.4 is 14.2 Å². The van der Waals surface area contributed by atoms with E-state index in [0.717, 1.165) is 11.1 Å². The van der Waals surface area contributed by atoms with Crippen molar-refractivity contribution in [2.45, 2.75) is 17.7 Å². The molecule has 0 aromatic heterocycles. The highest BCUT2D eigenvalue weighted by atomic mass is 32.2. The van der Waals surface area contributed by atoms with E-state index in [4.69, 9.17) is 14.6 Å². The lowest BCUT2D eigenvalue weighted by atomic mass is 10.0. The van der Waals surface area contributed by atoms with E-state index in [0.29, 0.717) is 24.3 Å². The predicted molar refractivity (Wildman–Crippen MR) is 118 cm³/mol. The molecule has 0 spiro atoms. The maximum atomic E-state index is 13.1. The Morgan fingerprint density at radius 1 is 0.935 bits per heavy atom. The molecule has 8 heteroatoms. The van der Waals surface area contributed by atoms with Gasteiger partial charge >= 0.3 is 5.97 Å². The largest absolute Gasteiger partial charge is 0.497 e. The van der Waals surface area contributed by atoms with Gasteiger partial charge in [0.2, 0.25) is 0 Å². The zero-order valence-electron chi connectivity index (χ0n) is 17.2. The van der Waals surface area contributed by atoms with Gasteiger partial charge in [-0.15, -0.1) is 0 Å². The van der Waals surface area contributed by atoms with Crippen molar-refractivity contribution in [2.24, 2.45) is 0 Å². The SMILES string of the molecule is COc1ccc(OC)c(S(=O)(=O)Nc2ccccc2CCc2cccc(C(=O)O)c2)c1. The number of carboxylic acid groups (broad SMARTS) is 1. The Hall–Kier alpha value is -3.52. The van der Waals surface area contributed by atoms with Crippen molar-refractivity contribution in [3.05, 3.63) is 83.4 Å². The molecule has 3 rings (SSSR count). The number of carbonyl (C=O) groups is 1. The Kier molecular flexibility index (Phi) is 6.81. The molecule has 3 aromatic rings. The molecule has 0 saturated heterocycles.